The third-order valence-corrected chi connectivity index (χ3v) is 5.40. The van der Waals surface area contributed by atoms with Crippen LogP contribution in [0.15, 0.2) is 30.3 Å². The first kappa shape index (κ1) is 17.5. The molecule has 0 aromatic heterocycles. The van der Waals surface area contributed by atoms with E-state index >= 15 is 0 Å². The van der Waals surface area contributed by atoms with Crippen LogP contribution in [0.3, 0.4) is 0 Å². The highest BCUT2D eigenvalue weighted by atomic mass is 35.5. The summed E-state index contributed by atoms with van der Waals surface area (Å²) in [6.45, 7) is 2.51. The average molecular weight is 384 g/mol. The van der Waals surface area contributed by atoms with E-state index in [1.807, 2.05) is 11.0 Å². The minimum atomic E-state index is -0.771. The summed E-state index contributed by atoms with van der Waals surface area (Å²) < 4.78 is 0. The predicted octanol–water partition coefficient (Wildman–Crippen LogP) is 3.06. The van der Waals surface area contributed by atoms with Crippen molar-refractivity contribution in [1.82, 2.24) is 0 Å². The molecule has 2 aromatic carbocycles. The molecule has 0 saturated carbocycles. The van der Waals surface area contributed by atoms with E-state index in [4.69, 9.17) is 11.6 Å². The lowest BCUT2D eigenvalue weighted by atomic mass is 9.99. The Morgan fingerprint density at radius 3 is 2.67 bits per heavy atom. The molecule has 6 nitrogen and oxygen atoms in total. The molecule has 27 heavy (non-hydrogen) atoms. The van der Waals surface area contributed by atoms with Crippen molar-refractivity contribution in [1.29, 1.82) is 0 Å². The summed E-state index contributed by atoms with van der Waals surface area (Å²) in [5.74, 6) is -1.45. The van der Waals surface area contributed by atoms with Crippen LogP contribution in [-0.4, -0.2) is 24.3 Å². The molecule has 0 bridgehead atoms. The molecule has 0 atom stereocenters. The van der Waals surface area contributed by atoms with Gasteiger partial charge in [0, 0.05) is 22.9 Å². The first-order valence-electron chi connectivity index (χ1n) is 8.77. The molecule has 138 valence electrons. The van der Waals surface area contributed by atoms with E-state index in [0.29, 0.717) is 28.4 Å². The van der Waals surface area contributed by atoms with Gasteiger partial charge in [0.05, 0.1) is 12.1 Å². The topological polar surface area (TPSA) is 78.5 Å². The second-order valence-corrected chi connectivity index (χ2v) is 7.20. The number of amides is 3. The number of carbonyl (C=O) groups is 3. The van der Waals surface area contributed by atoms with Crippen LogP contribution >= 0.6 is 11.6 Å². The number of benzene rings is 2. The Kier molecular flexibility index (Phi) is 4.36. The Labute approximate surface area is 161 Å². The van der Waals surface area contributed by atoms with Crippen molar-refractivity contribution < 1.29 is 14.4 Å². The van der Waals surface area contributed by atoms with Crippen LogP contribution in [0, 0.1) is 6.92 Å². The van der Waals surface area contributed by atoms with Crippen molar-refractivity contribution in [3.8, 4) is 0 Å². The van der Waals surface area contributed by atoms with Gasteiger partial charge in [-0.3, -0.25) is 14.4 Å². The molecule has 2 aromatic rings. The van der Waals surface area contributed by atoms with Gasteiger partial charge in [0.2, 0.25) is 5.91 Å². The lowest BCUT2D eigenvalue weighted by molar-refractivity contribution is -0.133. The Morgan fingerprint density at radius 2 is 1.85 bits per heavy atom. The maximum absolute atomic E-state index is 12.3. The third-order valence-electron chi connectivity index (χ3n) is 4.99. The zero-order valence-electron chi connectivity index (χ0n) is 14.8. The third kappa shape index (κ3) is 3.17. The zero-order chi connectivity index (χ0) is 19.1. The fourth-order valence-electron chi connectivity index (χ4n) is 3.66. The van der Waals surface area contributed by atoms with E-state index in [2.05, 4.69) is 10.6 Å². The molecule has 0 unspecified atom stereocenters. The molecule has 3 amide bonds. The number of anilines is 3. The molecule has 0 radical (unpaired) electrons. The van der Waals surface area contributed by atoms with Gasteiger partial charge in [-0.15, -0.1) is 0 Å². The Bertz CT molecular complexity index is 987. The van der Waals surface area contributed by atoms with Gasteiger partial charge in [-0.25, -0.2) is 0 Å². The van der Waals surface area contributed by atoms with Crippen LogP contribution in [-0.2, 0) is 27.2 Å². The molecule has 4 rings (SSSR count). The van der Waals surface area contributed by atoms with Crippen LogP contribution in [0.1, 0.15) is 23.1 Å². The van der Waals surface area contributed by atoms with Crippen molar-refractivity contribution in [3.63, 3.8) is 0 Å². The lowest BCUT2D eigenvalue weighted by Gasteiger charge is -2.26. The van der Waals surface area contributed by atoms with Gasteiger partial charge >= 0.3 is 11.8 Å². The number of aryl methyl sites for hydroxylation is 1. The van der Waals surface area contributed by atoms with E-state index in [-0.39, 0.29) is 5.91 Å². The minimum absolute atomic E-state index is 0.0867. The first-order chi connectivity index (χ1) is 12.9. The summed E-state index contributed by atoms with van der Waals surface area (Å²) >= 11 is 6.04. The monoisotopic (exact) mass is 383 g/mol. The van der Waals surface area contributed by atoms with Gasteiger partial charge in [0.25, 0.3) is 0 Å². The van der Waals surface area contributed by atoms with Crippen molar-refractivity contribution in [2.24, 2.45) is 0 Å². The molecule has 0 saturated heterocycles. The van der Waals surface area contributed by atoms with Gasteiger partial charge in [0.15, 0.2) is 0 Å². The van der Waals surface area contributed by atoms with Crippen LogP contribution in [0.4, 0.5) is 17.1 Å². The van der Waals surface area contributed by atoms with Crippen molar-refractivity contribution >= 4 is 46.4 Å². The number of hydrogen-bond acceptors (Lipinski definition) is 3. The van der Waals surface area contributed by atoms with Gasteiger partial charge < -0.3 is 15.5 Å². The summed E-state index contributed by atoms with van der Waals surface area (Å²) in [6, 6.07) is 8.73. The lowest BCUT2D eigenvalue weighted by Crippen LogP contribution is -2.31. The van der Waals surface area contributed by atoms with Crippen LogP contribution in [0.25, 0.3) is 0 Å². The number of nitrogens with one attached hydrogen (secondary N) is 2. The van der Waals surface area contributed by atoms with E-state index in [1.54, 1.807) is 31.2 Å². The average Bonchev–Trinajstić information content (AvgIpc) is 2.96. The van der Waals surface area contributed by atoms with Gasteiger partial charge in [-0.05, 0) is 60.7 Å². The molecule has 0 fully saturated rings. The van der Waals surface area contributed by atoms with Gasteiger partial charge in [-0.1, -0.05) is 17.7 Å². The number of nitrogens with zero attached hydrogens (tertiary/aromatic N) is 1. The summed E-state index contributed by atoms with van der Waals surface area (Å²) in [4.78, 5) is 38.5. The molecule has 0 aliphatic carbocycles. The van der Waals surface area contributed by atoms with E-state index in [0.717, 1.165) is 36.2 Å². The molecular formula is C20H18ClN3O3. The van der Waals surface area contributed by atoms with E-state index < -0.39 is 11.8 Å². The number of hydrogen-bond donors (Lipinski definition) is 2. The summed E-state index contributed by atoms with van der Waals surface area (Å²) in [6.07, 6.45) is 2.08. The maximum Gasteiger partial charge on any atom is 0.314 e. The van der Waals surface area contributed by atoms with Crippen LogP contribution in [0.5, 0.6) is 0 Å². The summed E-state index contributed by atoms with van der Waals surface area (Å²) in [7, 11) is 0. The molecular weight excluding hydrogens is 366 g/mol. The molecule has 2 aliphatic heterocycles. The van der Waals surface area contributed by atoms with E-state index in [9.17, 15) is 14.4 Å². The second kappa shape index (κ2) is 6.70. The van der Waals surface area contributed by atoms with Crippen molar-refractivity contribution in [2.45, 2.75) is 26.2 Å². The molecule has 2 N–H and O–H groups in total. The minimum Gasteiger partial charge on any atom is -0.318 e. The van der Waals surface area contributed by atoms with Crippen molar-refractivity contribution in [3.05, 3.63) is 52.0 Å². The van der Waals surface area contributed by atoms with Crippen LogP contribution < -0.4 is 15.5 Å². The second-order valence-electron chi connectivity index (χ2n) is 6.79. The Morgan fingerprint density at radius 1 is 1.11 bits per heavy atom. The highest BCUT2D eigenvalue weighted by molar-refractivity contribution is 6.44. The van der Waals surface area contributed by atoms with Crippen molar-refractivity contribution in [2.75, 3.05) is 22.1 Å². The number of carbonyl (C=O) groups excluding carboxylic acids is 3. The summed E-state index contributed by atoms with van der Waals surface area (Å²) in [5.41, 5.74) is 4.63. The first-order valence-corrected chi connectivity index (χ1v) is 9.15. The largest absolute Gasteiger partial charge is 0.318 e. The van der Waals surface area contributed by atoms with E-state index in [1.165, 1.54) is 0 Å². The van der Waals surface area contributed by atoms with Crippen LogP contribution in [0.2, 0.25) is 5.02 Å². The number of halogens is 1. The highest BCUT2D eigenvalue weighted by Gasteiger charge is 2.32. The quantitative estimate of drug-likeness (QED) is 0.782. The molecule has 2 aliphatic rings. The Balaban J connectivity index is 1.52. The zero-order valence-corrected chi connectivity index (χ0v) is 15.5. The maximum atomic E-state index is 12.3. The summed E-state index contributed by atoms with van der Waals surface area (Å²) in [5, 5.41) is 5.73. The number of rotatable bonds is 2. The molecule has 0 spiro atoms. The van der Waals surface area contributed by atoms with Gasteiger partial charge in [-0.2, -0.15) is 0 Å². The highest BCUT2D eigenvalue weighted by Crippen LogP contribution is 2.38. The Hall–Kier alpha value is -2.86. The smallest absolute Gasteiger partial charge is 0.314 e. The fraction of sp³-hybridized carbons (Fsp3) is 0.250. The fourth-order valence-corrected chi connectivity index (χ4v) is 3.84. The SMILES string of the molecule is Cc1c(Cl)cccc1NC(=O)C(=O)Nc1cc2c3c(c1)CC(=O)N3CCC2. The molecule has 2 heterocycles. The molecule has 7 heteroatoms. The predicted molar refractivity (Wildman–Crippen MR) is 104 cm³/mol. The van der Waals surface area contributed by atoms with Gasteiger partial charge in [0.1, 0.15) is 0 Å². The standard InChI is InChI=1S/C20H18ClN3O3/c1-11-15(21)5-2-6-16(11)23-20(27)19(26)22-14-8-12-4-3-7-24-17(25)10-13(9-14)18(12)24/h2,5-6,8-9H,3-4,7,10H2,1H3,(H,22,26)(H,23,27). The normalized spacial score (nSPS) is 14.7.